The average molecular weight is 292 g/mol. The number of hydrogen-bond donors (Lipinski definition) is 0. The van der Waals surface area contributed by atoms with Gasteiger partial charge in [0.05, 0.1) is 6.20 Å². The molecule has 1 heterocycles. The van der Waals surface area contributed by atoms with Gasteiger partial charge in [-0.1, -0.05) is 28.1 Å². The summed E-state index contributed by atoms with van der Waals surface area (Å²) in [6, 6.07) is 8.40. The second-order valence-corrected chi connectivity index (χ2v) is 4.78. The van der Waals surface area contributed by atoms with Crippen molar-refractivity contribution in [1.29, 1.82) is 0 Å². The van der Waals surface area contributed by atoms with E-state index in [0.29, 0.717) is 0 Å². The van der Waals surface area contributed by atoms with Gasteiger partial charge >= 0.3 is 0 Å². The van der Waals surface area contributed by atoms with Gasteiger partial charge in [-0.2, -0.15) is 0 Å². The molecule has 0 saturated carbocycles. The van der Waals surface area contributed by atoms with Gasteiger partial charge in [-0.3, -0.25) is 4.98 Å². The summed E-state index contributed by atoms with van der Waals surface area (Å²) in [5.41, 5.74) is 1.32. The number of halogens is 1. The van der Waals surface area contributed by atoms with Crippen LogP contribution in [0.4, 0.5) is 5.82 Å². The minimum Gasteiger partial charge on any atom is -0.358 e. The predicted molar refractivity (Wildman–Crippen MR) is 73.1 cm³/mol. The Morgan fingerprint density at radius 1 is 1.18 bits per heavy atom. The van der Waals surface area contributed by atoms with Gasteiger partial charge in [-0.15, -0.1) is 0 Å². The second kappa shape index (κ2) is 5.77. The maximum Gasteiger partial charge on any atom is 0.146 e. The third-order valence-electron chi connectivity index (χ3n) is 2.59. The van der Waals surface area contributed by atoms with Crippen LogP contribution in [0, 0.1) is 0 Å². The Kier molecular flexibility index (Phi) is 4.09. The monoisotopic (exact) mass is 291 g/mol. The topological polar surface area (TPSA) is 29.0 Å². The van der Waals surface area contributed by atoms with E-state index < -0.39 is 0 Å². The van der Waals surface area contributed by atoms with Crippen LogP contribution in [0.25, 0.3) is 0 Å². The zero-order valence-corrected chi connectivity index (χ0v) is 11.3. The Hall–Kier alpha value is -1.42. The number of hydrogen-bond acceptors (Lipinski definition) is 3. The molecule has 17 heavy (non-hydrogen) atoms. The van der Waals surface area contributed by atoms with Crippen molar-refractivity contribution in [2.75, 3.05) is 18.5 Å². The second-order valence-electron chi connectivity index (χ2n) is 3.86. The van der Waals surface area contributed by atoms with Crippen LogP contribution in [0.5, 0.6) is 0 Å². The molecular weight excluding hydrogens is 278 g/mol. The van der Waals surface area contributed by atoms with Crippen LogP contribution in [-0.2, 0) is 6.42 Å². The predicted octanol–water partition coefficient (Wildman–Crippen LogP) is 2.92. The van der Waals surface area contributed by atoms with Crippen LogP contribution < -0.4 is 4.90 Å². The highest BCUT2D eigenvalue weighted by atomic mass is 79.9. The minimum atomic E-state index is 0.907. The zero-order chi connectivity index (χ0) is 12.1. The molecule has 0 saturated heterocycles. The molecule has 0 radical (unpaired) electrons. The molecule has 0 aliphatic heterocycles. The highest BCUT2D eigenvalue weighted by Gasteiger charge is 2.02. The summed E-state index contributed by atoms with van der Waals surface area (Å²) in [6.45, 7) is 0.931. The smallest absolute Gasteiger partial charge is 0.146 e. The summed E-state index contributed by atoms with van der Waals surface area (Å²) in [5.74, 6) is 0.907. The lowest BCUT2D eigenvalue weighted by atomic mass is 10.1. The molecule has 3 nitrogen and oxygen atoms in total. The Labute approximate surface area is 110 Å². The van der Waals surface area contributed by atoms with Crippen LogP contribution >= 0.6 is 15.9 Å². The SMILES string of the molecule is CN(CCc1ccc(Br)cc1)c1cnccn1. The summed E-state index contributed by atoms with van der Waals surface area (Å²) < 4.78 is 1.11. The van der Waals surface area contributed by atoms with Crippen molar-refractivity contribution in [3.63, 3.8) is 0 Å². The van der Waals surface area contributed by atoms with E-state index in [2.05, 4.69) is 55.1 Å². The maximum absolute atomic E-state index is 4.26. The molecule has 0 atom stereocenters. The molecule has 1 aromatic carbocycles. The average Bonchev–Trinajstić information content (AvgIpc) is 2.39. The summed E-state index contributed by atoms with van der Waals surface area (Å²) >= 11 is 3.43. The molecule has 2 rings (SSSR count). The van der Waals surface area contributed by atoms with Gasteiger partial charge in [0.15, 0.2) is 0 Å². The number of benzene rings is 1. The van der Waals surface area contributed by atoms with Gasteiger partial charge in [-0.05, 0) is 24.1 Å². The van der Waals surface area contributed by atoms with E-state index in [-0.39, 0.29) is 0 Å². The van der Waals surface area contributed by atoms with Crippen molar-refractivity contribution in [3.8, 4) is 0 Å². The van der Waals surface area contributed by atoms with E-state index in [9.17, 15) is 0 Å². The van der Waals surface area contributed by atoms with Gasteiger partial charge < -0.3 is 4.90 Å². The molecule has 0 amide bonds. The fourth-order valence-corrected chi connectivity index (χ4v) is 1.82. The van der Waals surface area contributed by atoms with E-state index in [0.717, 1.165) is 23.3 Å². The first-order valence-electron chi connectivity index (χ1n) is 5.47. The van der Waals surface area contributed by atoms with E-state index in [1.165, 1.54) is 5.56 Å². The lowest BCUT2D eigenvalue weighted by Crippen LogP contribution is -2.21. The summed E-state index contributed by atoms with van der Waals surface area (Å²) in [7, 11) is 2.03. The first kappa shape index (κ1) is 12.0. The van der Waals surface area contributed by atoms with Gasteiger partial charge in [0, 0.05) is 30.5 Å². The highest BCUT2D eigenvalue weighted by Crippen LogP contribution is 2.12. The number of likely N-dealkylation sites (N-methyl/N-ethyl adjacent to an activating group) is 1. The summed E-state index contributed by atoms with van der Waals surface area (Å²) in [4.78, 5) is 10.4. The molecule has 0 aliphatic carbocycles. The van der Waals surface area contributed by atoms with Crippen molar-refractivity contribution in [3.05, 3.63) is 52.9 Å². The molecule has 0 aliphatic rings. The highest BCUT2D eigenvalue weighted by molar-refractivity contribution is 9.10. The van der Waals surface area contributed by atoms with Gasteiger partial charge in [0.25, 0.3) is 0 Å². The fraction of sp³-hybridized carbons (Fsp3) is 0.231. The maximum atomic E-state index is 4.26. The number of anilines is 1. The standard InChI is InChI=1S/C13H14BrN3/c1-17(13-10-15-7-8-16-13)9-6-11-2-4-12(14)5-3-11/h2-5,7-8,10H,6,9H2,1H3. The molecule has 88 valence electrons. The quantitative estimate of drug-likeness (QED) is 0.867. The van der Waals surface area contributed by atoms with Crippen LogP contribution in [0.1, 0.15) is 5.56 Å². The molecule has 0 N–H and O–H groups in total. The van der Waals surface area contributed by atoms with Crippen molar-refractivity contribution in [2.24, 2.45) is 0 Å². The van der Waals surface area contributed by atoms with Crippen molar-refractivity contribution >= 4 is 21.7 Å². The van der Waals surface area contributed by atoms with Crippen molar-refractivity contribution in [1.82, 2.24) is 9.97 Å². The van der Waals surface area contributed by atoms with E-state index in [1.807, 2.05) is 7.05 Å². The van der Waals surface area contributed by atoms with Crippen LogP contribution in [-0.4, -0.2) is 23.6 Å². The molecule has 2 aromatic rings. The number of aromatic nitrogens is 2. The van der Waals surface area contributed by atoms with E-state index in [1.54, 1.807) is 18.6 Å². The first-order chi connectivity index (χ1) is 8.25. The Balaban J connectivity index is 1.92. The lowest BCUT2D eigenvalue weighted by molar-refractivity contribution is 0.854. The van der Waals surface area contributed by atoms with E-state index in [4.69, 9.17) is 0 Å². The Morgan fingerprint density at radius 3 is 2.59 bits per heavy atom. The normalized spacial score (nSPS) is 10.2. The first-order valence-corrected chi connectivity index (χ1v) is 6.26. The van der Waals surface area contributed by atoms with Crippen LogP contribution in [0.2, 0.25) is 0 Å². The minimum absolute atomic E-state index is 0.907. The number of nitrogens with zero attached hydrogens (tertiary/aromatic N) is 3. The zero-order valence-electron chi connectivity index (χ0n) is 9.68. The molecule has 0 bridgehead atoms. The molecule has 0 fully saturated rings. The molecule has 1 aromatic heterocycles. The molecule has 0 spiro atoms. The number of rotatable bonds is 4. The molecular formula is C13H14BrN3. The van der Waals surface area contributed by atoms with Crippen molar-refractivity contribution in [2.45, 2.75) is 6.42 Å². The van der Waals surface area contributed by atoms with Crippen LogP contribution in [0.3, 0.4) is 0 Å². The lowest BCUT2D eigenvalue weighted by Gasteiger charge is -2.17. The van der Waals surface area contributed by atoms with Gasteiger partial charge in [-0.25, -0.2) is 4.98 Å². The van der Waals surface area contributed by atoms with Gasteiger partial charge in [0.2, 0.25) is 0 Å². The fourth-order valence-electron chi connectivity index (χ4n) is 1.55. The van der Waals surface area contributed by atoms with E-state index >= 15 is 0 Å². The summed E-state index contributed by atoms with van der Waals surface area (Å²) in [5, 5.41) is 0. The Morgan fingerprint density at radius 2 is 1.94 bits per heavy atom. The summed E-state index contributed by atoms with van der Waals surface area (Å²) in [6.07, 6.45) is 6.18. The van der Waals surface area contributed by atoms with Gasteiger partial charge in [0.1, 0.15) is 5.82 Å². The largest absolute Gasteiger partial charge is 0.358 e. The third-order valence-corrected chi connectivity index (χ3v) is 3.12. The van der Waals surface area contributed by atoms with Crippen LogP contribution in [0.15, 0.2) is 47.3 Å². The molecule has 0 unspecified atom stereocenters. The molecule has 4 heteroatoms. The van der Waals surface area contributed by atoms with Crippen molar-refractivity contribution < 1.29 is 0 Å². The Bertz CT molecular complexity index is 456. The third kappa shape index (κ3) is 3.53.